The average Bonchev–Trinajstić information content (AvgIpc) is 3.54. The van der Waals surface area contributed by atoms with Gasteiger partial charge in [-0.2, -0.15) is 5.10 Å². The highest BCUT2D eigenvalue weighted by Crippen LogP contribution is 2.45. The van der Waals surface area contributed by atoms with Crippen LogP contribution < -0.4 is 16.4 Å². The molecule has 242 valence electrons. The first-order valence-electron chi connectivity index (χ1n) is 14.8. The number of aromatic nitrogens is 5. The molecule has 0 bridgehead atoms. The largest absolute Gasteiger partial charge is 0.480 e. The van der Waals surface area contributed by atoms with Gasteiger partial charge in [-0.15, -0.1) is 0 Å². The van der Waals surface area contributed by atoms with E-state index in [-0.39, 0.29) is 43.6 Å². The Morgan fingerprint density at radius 1 is 1.13 bits per heavy atom. The van der Waals surface area contributed by atoms with Crippen LogP contribution >= 0.6 is 0 Å². The molecule has 47 heavy (non-hydrogen) atoms. The number of carboxylic acids is 1. The number of amides is 2. The van der Waals surface area contributed by atoms with Gasteiger partial charge in [0.2, 0.25) is 11.8 Å². The third-order valence-corrected chi connectivity index (χ3v) is 8.36. The predicted octanol–water partition coefficient (Wildman–Crippen LogP) is 3.04. The number of halogens is 1. The summed E-state index contributed by atoms with van der Waals surface area (Å²) >= 11 is 0. The lowest BCUT2D eigenvalue weighted by Crippen LogP contribution is -2.47. The van der Waals surface area contributed by atoms with Crippen molar-refractivity contribution >= 4 is 40.5 Å². The number of nitrogens with zero attached hydrogens (tertiary/aromatic N) is 5. The summed E-state index contributed by atoms with van der Waals surface area (Å²) < 4.78 is 16.0. The Balaban J connectivity index is 0.00000451. The number of anilines is 2. The summed E-state index contributed by atoms with van der Waals surface area (Å²) in [5.74, 6) is -2.06. The lowest BCUT2D eigenvalue weighted by atomic mass is 9.77. The molecule has 2 aromatic carbocycles. The average molecular weight is 641 g/mol. The zero-order valence-corrected chi connectivity index (χ0v) is 25.4. The van der Waals surface area contributed by atoms with Crippen LogP contribution in [0.1, 0.15) is 43.9 Å². The van der Waals surface area contributed by atoms with Crippen LogP contribution in [0.15, 0.2) is 66.9 Å². The number of carbonyl (C=O) groups excluding carboxylic acids is 2. The summed E-state index contributed by atoms with van der Waals surface area (Å²) in [6.07, 6.45) is 0.671. The molecule has 6 rings (SSSR count). The predicted molar refractivity (Wildman–Crippen MR) is 172 cm³/mol. The number of nitrogens with one attached hydrogen (secondary N) is 2. The van der Waals surface area contributed by atoms with E-state index in [4.69, 9.17) is 5.73 Å². The number of carbonyl (C=O) groups is 3. The van der Waals surface area contributed by atoms with Crippen molar-refractivity contribution in [2.75, 3.05) is 11.1 Å². The molecule has 2 amide bonds. The van der Waals surface area contributed by atoms with Crippen LogP contribution in [0.5, 0.6) is 0 Å². The molecular formula is C33H33FN8O5. The first-order valence-corrected chi connectivity index (χ1v) is 14.8. The smallest absolute Gasteiger partial charge is 0.328 e. The van der Waals surface area contributed by atoms with E-state index in [9.17, 15) is 29.0 Å². The van der Waals surface area contributed by atoms with E-state index in [2.05, 4.69) is 30.7 Å². The Labute approximate surface area is 269 Å². The van der Waals surface area contributed by atoms with Crippen LogP contribution in [0.2, 0.25) is 0 Å². The summed E-state index contributed by atoms with van der Waals surface area (Å²) in [5.41, 5.74) is 8.41. The first kappa shape index (κ1) is 31.2. The molecule has 0 radical (unpaired) electrons. The Morgan fingerprint density at radius 3 is 2.57 bits per heavy atom. The molecule has 0 fully saturated rings. The molecule has 0 aliphatic carbocycles. The van der Waals surface area contributed by atoms with Crippen molar-refractivity contribution in [3.8, 4) is 11.5 Å². The van der Waals surface area contributed by atoms with Gasteiger partial charge in [-0.25, -0.2) is 28.8 Å². The third-order valence-electron chi connectivity index (χ3n) is 8.36. The second-order valence-corrected chi connectivity index (χ2v) is 11.5. The van der Waals surface area contributed by atoms with E-state index in [0.717, 1.165) is 5.56 Å². The van der Waals surface area contributed by atoms with E-state index < -0.39 is 29.4 Å². The molecule has 5 aromatic rings. The molecule has 6 N–H and O–H groups in total. The maximum Gasteiger partial charge on any atom is 0.328 e. The second-order valence-electron chi connectivity index (χ2n) is 11.5. The Kier molecular flexibility index (Phi) is 8.11. The molecule has 4 heterocycles. The Morgan fingerprint density at radius 2 is 1.87 bits per heavy atom. The molecule has 3 aromatic heterocycles. The van der Waals surface area contributed by atoms with Gasteiger partial charge in [0.15, 0.2) is 17.5 Å². The standard InChI is InChI=1S/C33H31FN8O5.H2/c1-17(43)25(31(45)46)37-23(44)14-11-18-9-12-20(13-10-18)33(2)24-27(35)38-29(39-28(24)40-32(33)47)26-21-7-5-15-36-30(21)42(41-26)16-19-6-3-4-8-22(19)34;/h3-10,12-13,15,17,25,43H,11,14,16H2,1-2H3,(H,37,44)(H,45,46)(H3,35,38,39,40,47);1H/t17-,25+,33-;/m0./s1. The number of aryl methyl sites for hydroxylation is 1. The van der Waals surface area contributed by atoms with Crippen LogP contribution in [-0.2, 0) is 32.8 Å². The van der Waals surface area contributed by atoms with E-state index in [1.807, 2.05) is 0 Å². The highest BCUT2D eigenvalue weighted by molar-refractivity contribution is 6.09. The van der Waals surface area contributed by atoms with Crippen molar-refractivity contribution < 1.29 is 30.4 Å². The third kappa shape index (κ3) is 5.74. The minimum atomic E-state index is -1.40. The number of hydrogen-bond donors (Lipinski definition) is 5. The minimum Gasteiger partial charge on any atom is -0.480 e. The van der Waals surface area contributed by atoms with Gasteiger partial charge in [0.1, 0.15) is 28.6 Å². The van der Waals surface area contributed by atoms with Crippen molar-refractivity contribution in [3.05, 3.63) is 94.9 Å². The molecule has 0 saturated carbocycles. The van der Waals surface area contributed by atoms with E-state index >= 15 is 0 Å². The lowest BCUT2D eigenvalue weighted by Gasteiger charge is -2.23. The van der Waals surface area contributed by atoms with Gasteiger partial charge in [-0.3, -0.25) is 9.59 Å². The van der Waals surface area contributed by atoms with Gasteiger partial charge in [-0.05, 0) is 49.6 Å². The topological polar surface area (TPSA) is 198 Å². The van der Waals surface area contributed by atoms with Crippen molar-refractivity contribution in [2.24, 2.45) is 0 Å². The van der Waals surface area contributed by atoms with Crippen LogP contribution in [0.3, 0.4) is 0 Å². The maximum atomic E-state index is 14.5. The molecule has 13 nitrogen and oxygen atoms in total. The number of fused-ring (bicyclic) bond motifs is 2. The van der Waals surface area contributed by atoms with Crippen LogP contribution in [0.25, 0.3) is 22.6 Å². The summed E-state index contributed by atoms with van der Waals surface area (Å²) in [6, 6.07) is 15.6. The van der Waals surface area contributed by atoms with E-state index in [1.54, 1.807) is 72.4 Å². The normalized spacial score (nSPS) is 16.8. The fraction of sp³-hybridized carbons (Fsp3) is 0.242. The van der Waals surface area contributed by atoms with Crippen molar-refractivity contribution in [2.45, 2.75) is 50.8 Å². The highest BCUT2D eigenvalue weighted by Gasteiger charge is 2.47. The lowest BCUT2D eigenvalue weighted by molar-refractivity contribution is -0.144. The molecule has 14 heteroatoms. The molecule has 1 aliphatic heterocycles. The molecule has 0 unspecified atom stereocenters. The number of nitrogen functional groups attached to an aromatic ring is 1. The molecule has 3 atom stereocenters. The maximum absolute atomic E-state index is 14.5. The van der Waals surface area contributed by atoms with Gasteiger partial charge in [0.25, 0.3) is 0 Å². The van der Waals surface area contributed by atoms with Crippen molar-refractivity contribution in [1.29, 1.82) is 0 Å². The monoisotopic (exact) mass is 640 g/mol. The summed E-state index contributed by atoms with van der Waals surface area (Å²) in [5, 5.41) is 29.2. The highest BCUT2D eigenvalue weighted by atomic mass is 19.1. The fourth-order valence-electron chi connectivity index (χ4n) is 5.76. The number of carboxylic acid groups (broad SMARTS) is 1. The van der Waals surface area contributed by atoms with E-state index in [1.165, 1.54) is 13.0 Å². The summed E-state index contributed by atoms with van der Waals surface area (Å²) in [4.78, 5) is 50.7. The van der Waals surface area contributed by atoms with Crippen LogP contribution in [0, 0.1) is 5.82 Å². The van der Waals surface area contributed by atoms with Gasteiger partial charge in [0, 0.05) is 19.6 Å². The number of aliphatic carboxylic acids is 1. The molecule has 0 spiro atoms. The van der Waals surface area contributed by atoms with Crippen molar-refractivity contribution in [1.82, 2.24) is 30.0 Å². The van der Waals surface area contributed by atoms with Gasteiger partial charge < -0.3 is 26.6 Å². The van der Waals surface area contributed by atoms with Crippen molar-refractivity contribution in [3.63, 3.8) is 0 Å². The zero-order chi connectivity index (χ0) is 33.5. The van der Waals surface area contributed by atoms with Gasteiger partial charge in [-0.1, -0.05) is 42.5 Å². The van der Waals surface area contributed by atoms with Crippen LogP contribution in [0.4, 0.5) is 16.0 Å². The van der Waals surface area contributed by atoms with Gasteiger partial charge in [0.05, 0.1) is 23.6 Å². The minimum absolute atomic E-state index is 0. The number of benzene rings is 2. The number of aliphatic hydroxyl groups excluding tert-OH is 1. The number of rotatable bonds is 10. The summed E-state index contributed by atoms with van der Waals surface area (Å²) in [6.45, 7) is 3.14. The molecule has 0 saturated heterocycles. The number of aliphatic hydroxyl groups is 1. The Hall–Kier alpha value is -5.76. The quantitative estimate of drug-likeness (QED) is 0.151. The molecule has 1 aliphatic rings. The number of nitrogens with two attached hydrogens (primary N) is 1. The zero-order valence-electron chi connectivity index (χ0n) is 25.4. The SMILES string of the molecule is C[C@H](O)[C@@H](NC(=O)CCc1ccc([C@]2(C)C(=O)Nc3nc(-c4nn(Cc5ccccc5F)c5ncccc45)nc(N)c32)cc1)C(=O)O.[HH]. The first-order chi connectivity index (χ1) is 22.5. The fourth-order valence-corrected chi connectivity index (χ4v) is 5.76. The second kappa shape index (κ2) is 12.2. The number of pyridine rings is 1. The summed E-state index contributed by atoms with van der Waals surface area (Å²) in [7, 11) is 0. The van der Waals surface area contributed by atoms with E-state index in [0.29, 0.717) is 39.8 Å². The Bertz CT molecular complexity index is 2040. The van der Waals surface area contributed by atoms with Gasteiger partial charge >= 0.3 is 5.97 Å². The molecular weight excluding hydrogens is 607 g/mol. The number of hydrogen-bond acceptors (Lipinski definition) is 9. The van der Waals surface area contributed by atoms with Crippen LogP contribution in [-0.4, -0.2) is 64.9 Å².